The first-order valence-electron chi connectivity index (χ1n) is 9.26. The second kappa shape index (κ2) is 9.64. The highest BCUT2D eigenvalue weighted by Gasteiger charge is 2.15. The van der Waals surface area contributed by atoms with Crippen molar-refractivity contribution in [1.29, 1.82) is 0 Å². The number of rotatable bonds is 10. The molecule has 0 radical (unpaired) electrons. The fourth-order valence-corrected chi connectivity index (χ4v) is 3.16. The van der Waals surface area contributed by atoms with Crippen molar-refractivity contribution in [3.05, 3.63) is 53.9 Å². The van der Waals surface area contributed by atoms with Crippen molar-refractivity contribution in [3.63, 3.8) is 0 Å². The van der Waals surface area contributed by atoms with Gasteiger partial charge in [0.2, 0.25) is 0 Å². The van der Waals surface area contributed by atoms with Gasteiger partial charge in [-0.3, -0.25) is 0 Å². The highest BCUT2D eigenvalue weighted by molar-refractivity contribution is 5.29. The minimum atomic E-state index is -0.274. The molecular weight excluding hydrogens is 312 g/mol. The molecule has 0 fully saturated rings. The summed E-state index contributed by atoms with van der Waals surface area (Å²) < 4.78 is 7.62. The first-order chi connectivity index (χ1) is 12.0. The number of aliphatic hydroxyl groups excluding tert-OH is 1. The van der Waals surface area contributed by atoms with E-state index in [0.717, 1.165) is 31.9 Å². The third-order valence-electron chi connectivity index (χ3n) is 4.50. The van der Waals surface area contributed by atoms with Crippen LogP contribution in [0.5, 0.6) is 5.75 Å². The molecule has 138 valence electrons. The molecule has 2 atom stereocenters. The van der Waals surface area contributed by atoms with Crippen molar-refractivity contribution < 1.29 is 14.7 Å². The molecule has 2 aromatic rings. The lowest BCUT2D eigenvalue weighted by Crippen LogP contribution is -3.12. The summed E-state index contributed by atoms with van der Waals surface area (Å²) in [5.41, 5.74) is 2.54. The number of methoxy groups -OCH3 is 1. The third-order valence-corrected chi connectivity index (χ3v) is 4.50. The average molecular weight is 346 g/mol. The van der Waals surface area contributed by atoms with Crippen LogP contribution in [-0.4, -0.2) is 36.0 Å². The first kappa shape index (κ1) is 19.5. The van der Waals surface area contributed by atoms with Gasteiger partial charge in [-0.1, -0.05) is 26.0 Å². The van der Waals surface area contributed by atoms with E-state index >= 15 is 0 Å². The number of hydrogen-bond donors (Lipinski definition) is 2. The summed E-state index contributed by atoms with van der Waals surface area (Å²) >= 11 is 0. The van der Waals surface area contributed by atoms with Crippen molar-refractivity contribution >= 4 is 0 Å². The number of ether oxygens (including phenoxy) is 1. The molecule has 2 N–H and O–H groups in total. The van der Waals surface area contributed by atoms with Gasteiger partial charge in [0.05, 0.1) is 19.3 Å². The Kier molecular flexibility index (Phi) is 7.53. The minimum absolute atomic E-state index is 0.274. The zero-order valence-corrected chi connectivity index (χ0v) is 16.0. The second-order valence-corrected chi connectivity index (χ2v) is 7.39. The smallest absolute Gasteiger partial charge is 0.119 e. The van der Waals surface area contributed by atoms with E-state index in [1.807, 2.05) is 19.1 Å². The Labute approximate surface area is 152 Å². The molecule has 0 aliphatic carbocycles. The van der Waals surface area contributed by atoms with Gasteiger partial charge in [0.15, 0.2) is 0 Å². The Morgan fingerprint density at radius 1 is 1.16 bits per heavy atom. The molecule has 1 heterocycles. The number of aromatic nitrogens is 1. The van der Waals surface area contributed by atoms with Crippen LogP contribution in [0.3, 0.4) is 0 Å². The Hall–Kier alpha value is -1.78. The summed E-state index contributed by atoms with van der Waals surface area (Å²) in [5.74, 6) is 1.58. The molecule has 1 unspecified atom stereocenters. The monoisotopic (exact) mass is 345 g/mol. The van der Waals surface area contributed by atoms with E-state index in [2.05, 4.69) is 48.9 Å². The van der Waals surface area contributed by atoms with Crippen molar-refractivity contribution in [2.75, 3.05) is 20.2 Å². The maximum Gasteiger partial charge on any atom is 0.119 e. The van der Waals surface area contributed by atoms with Crippen molar-refractivity contribution in [2.45, 2.75) is 46.4 Å². The molecule has 1 aromatic heterocycles. The molecule has 0 spiro atoms. The van der Waals surface area contributed by atoms with Crippen LogP contribution in [0.25, 0.3) is 0 Å². The largest absolute Gasteiger partial charge is 0.497 e. The van der Waals surface area contributed by atoms with E-state index in [0.29, 0.717) is 5.92 Å². The van der Waals surface area contributed by atoms with Crippen molar-refractivity contribution in [2.24, 2.45) is 5.92 Å². The van der Waals surface area contributed by atoms with Gasteiger partial charge in [-0.05, 0) is 49.1 Å². The van der Waals surface area contributed by atoms with Gasteiger partial charge >= 0.3 is 0 Å². The van der Waals surface area contributed by atoms with Crippen LogP contribution in [0.1, 0.15) is 38.4 Å². The Morgan fingerprint density at radius 3 is 2.64 bits per heavy atom. The van der Waals surface area contributed by atoms with Crippen LogP contribution >= 0.6 is 0 Å². The first-order valence-corrected chi connectivity index (χ1v) is 9.26. The van der Waals surface area contributed by atoms with Crippen LogP contribution < -0.4 is 9.64 Å². The van der Waals surface area contributed by atoms with Gasteiger partial charge in [0.25, 0.3) is 0 Å². The zero-order chi connectivity index (χ0) is 18.2. The lowest BCUT2D eigenvalue weighted by atomic mass is 10.1. The highest BCUT2D eigenvalue weighted by Crippen LogP contribution is 2.14. The van der Waals surface area contributed by atoms with E-state index in [4.69, 9.17) is 4.74 Å². The summed E-state index contributed by atoms with van der Waals surface area (Å²) in [7, 11) is 1.70. The number of quaternary nitrogens is 1. The van der Waals surface area contributed by atoms with Crippen LogP contribution in [0.4, 0.5) is 0 Å². The maximum absolute atomic E-state index is 9.84. The van der Waals surface area contributed by atoms with Gasteiger partial charge in [0, 0.05) is 12.7 Å². The molecular formula is C21H33N2O2+. The molecule has 2 rings (SSSR count). The zero-order valence-electron chi connectivity index (χ0n) is 16.0. The van der Waals surface area contributed by atoms with E-state index in [1.165, 1.54) is 22.6 Å². The van der Waals surface area contributed by atoms with Gasteiger partial charge < -0.3 is 19.3 Å². The third kappa shape index (κ3) is 6.56. The number of hydrogen-bond acceptors (Lipinski definition) is 2. The normalized spacial score (nSPS) is 13.8. The number of aliphatic hydroxyl groups is 1. The van der Waals surface area contributed by atoms with Crippen LogP contribution in [0, 0.1) is 5.92 Å². The summed E-state index contributed by atoms with van der Waals surface area (Å²) in [6.07, 6.45) is 3.04. The maximum atomic E-state index is 9.84. The minimum Gasteiger partial charge on any atom is -0.497 e. The van der Waals surface area contributed by atoms with E-state index in [1.54, 1.807) is 7.11 Å². The standard InChI is InChI=1S/C21H32N2O2/c1-17(2)10-12-22(14-18(3)24)16-20-8-6-11-23(20)15-19-7-5-9-21(13-19)25-4/h5-9,11,13,17-18,24H,10,12,14-16H2,1-4H3/p+1/t18-/m1/s1. The lowest BCUT2D eigenvalue weighted by Gasteiger charge is -2.22. The predicted molar refractivity (Wildman–Crippen MR) is 102 cm³/mol. The Bertz CT molecular complexity index is 634. The van der Waals surface area contributed by atoms with Crippen LogP contribution in [-0.2, 0) is 13.1 Å². The number of nitrogens with one attached hydrogen (secondary N) is 1. The van der Waals surface area contributed by atoms with Crippen LogP contribution in [0.2, 0.25) is 0 Å². The Morgan fingerprint density at radius 2 is 1.96 bits per heavy atom. The summed E-state index contributed by atoms with van der Waals surface area (Å²) in [4.78, 5) is 1.44. The molecule has 0 amide bonds. The average Bonchev–Trinajstić information content (AvgIpc) is 2.99. The quantitative estimate of drug-likeness (QED) is 0.694. The molecule has 0 aliphatic rings. The van der Waals surface area contributed by atoms with Crippen LogP contribution in [0.15, 0.2) is 42.6 Å². The molecule has 0 saturated carbocycles. The highest BCUT2D eigenvalue weighted by atomic mass is 16.5. The fraction of sp³-hybridized carbons (Fsp3) is 0.524. The molecule has 0 aliphatic heterocycles. The molecule has 1 aromatic carbocycles. The molecule has 25 heavy (non-hydrogen) atoms. The van der Waals surface area contributed by atoms with Crippen molar-refractivity contribution in [3.8, 4) is 5.75 Å². The van der Waals surface area contributed by atoms with Gasteiger partial charge in [-0.2, -0.15) is 0 Å². The van der Waals surface area contributed by atoms with Gasteiger partial charge in [-0.25, -0.2) is 0 Å². The van der Waals surface area contributed by atoms with Crippen molar-refractivity contribution in [1.82, 2.24) is 4.57 Å². The van der Waals surface area contributed by atoms with Gasteiger partial charge in [-0.15, -0.1) is 0 Å². The van der Waals surface area contributed by atoms with Gasteiger partial charge in [0.1, 0.15) is 24.9 Å². The van der Waals surface area contributed by atoms with E-state index in [-0.39, 0.29) is 6.10 Å². The van der Waals surface area contributed by atoms with E-state index < -0.39 is 0 Å². The molecule has 4 heteroatoms. The number of nitrogens with zero attached hydrogens (tertiary/aromatic N) is 1. The number of benzene rings is 1. The topological polar surface area (TPSA) is 38.8 Å². The fourth-order valence-electron chi connectivity index (χ4n) is 3.16. The molecule has 0 bridgehead atoms. The summed E-state index contributed by atoms with van der Waals surface area (Å²) in [5, 5.41) is 9.84. The Balaban J connectivity index is 2.07. The molecule has 0 saturated heterocycles. The predicted octanol–water partition coefficient (Wildman–Crippen LogP) is 2.36. The lowest BCUT2D eigenvalue weighted by molar-refractivity contribution is -0.917. The second-order valence-electron chi connectivity index (χ2n) is 7.39. The molecule has 4 nitrogen and oxygen atoms in total. The SMILES string of the molecule is COc1cccc(Cn2cccc2C[NH+](CCC(C)C)C[C@@H](C)O)c1. The summed E-state index contributed by atoms with van der Waals surface area (Å²) in [6, 6.07) is 12.5. The summed E-state index contributed by atoms with van der Waals surface area (Å²) in [6.45, 7) is 10.0. The van der Waals surface area contributed by atoms with E-state index in [9.17, 15) is 5.11 Å².